The Hall–Kier alpha value is -1.74. The molecule has 1 heterocycles. The molecule has 0 aliphatic carbocycles. The van der Waals surface area contributed by atoms with Crippen molar-refractivity contribution in [2.45, 2.75) is 6.54 Å². The van der Waals surface area contributed by atoms with Crippen molar-refractivity contribution in [2.24, 2.45) is 0 Å². The molecule has 0 saturated carbocycles. The number of nitrogens with two attached hydrogens (primary N) is 1. The molecule has 1 aromatic heterocycles. The van der Waals surface area contributed by atoms with Crippen LogP contribution in [0.4, 0.5) is 11.4 Å². The van der Waals surface area contributed by atoms with Crippen molar-refractivity contribution < 1.29 is 0 Å². The van der Waals surface area contributed by atoms with Gasteiger partial charge >= 0.3 is 0 Å². The second-order valence-corrected chi connectivity index (χ2v) is 3.88. The zero-order valence-electron chi connectivity index (χ0n) is 8.65. The van der Waals surface area contributed by atoms with E-state index in [4.69, 9.17) is 17.3 Å². The molecular weight excluding hydrogens is 222 g/mol. The molecule has 0 fully saturated rings. The van der Waals surface area contributed by atoms with Crippen molar-refractivity contribution in [3.05, 3.63) is 53.3 Å². The number of nitrogens with one attached hydrogen (secondary N) is 1. The number of hydrogen-bond acceptors (Lipinski definition) is 3. The maximum Gasteiger partial charge on any atom is 0.0596 e. The van der Waals surface area contributed by atoms with Crippen LogP contribution in [0.3, 0.4) is 0 Å². The Kier molecular flexibility index (Phi) is 3.27. The number of anilines is 2. The van der Waals surface area contributed by atoms with Crippen molar-refractivity contribution in [2.75, 3.05) is 11.1 Å². The van der Waals surface area contributed by atoms with Crippen LogP contribution in [-0.2, 0) is 6.54 Å². The van der Waals surface area contributed by atoms with Crippen molar-refractivity contribution in [3.63, 3.8) is 0 Å². The summed E-state index contributed by atoms with van der Waals surface area (Å²) in [5.74, 6) is 0. The standard InChI is InChI=1S/C12H12ClN3/c13-9-2-1-3-11(6-9)16-8-12-5-4-10(14)7-15-12/h1-7,16H,8,14H2. The second kappa shape index (κ2) is 4.86. The van der Waals surface area contributed by atoms with E-state index >= 15 is 0 Å². The van der Waals surface area contributed by atoms with E-state index in [2.05, 4.69) is 10.3 Å². The normalized spacial score (nSPS) is 10.1. The molecule has 4 heteroatoms. The van der Waals surface area contributed by atoms with E-state index in [1.54, 1.807) is 6.20 Å². The van der Waals surface area contributed by atoms with Gasteiger partial charge in [-0.1, -0.05) is 17.7 Å². The van der Waals surface area contributed by atoms with E-state index in [-0.39, 0.29) is 0 Å². The van der Waals surface area contributed by atoms with Crippen LogP contribution in [0.2, 0.25) is 5.02 Å². The number of hydrogen-bond donors (Lipinski definition) is 2. The van der Waals surface area contributed by atoms with E-state index < -0.39 is 0 Å². The summed E-state index contributed by atoms with van der Waals surface area (Å²) in [6, 6.07) is 11.3. The molecule has 3 nitrogen and oxygen atoms in total. The van der Waals surface area contributed by atoms with Gasteiger partial charge in [0.25, 0.3) is 0 Å². The summed E-state index contributed by atoms with van der Waals surface area (Å²) in [4.78, 5) is 4.20. The molecular formula is C12H12ClN3. The molecule has 0 atom stereocenters. The highest BCUT2D eigenvalue weighted by Gasteiger charge is 1.96. The zero-order chi connectivity index (χ0) is 11.4. The fourth-order valence-electron chi connectivity index (χ4n) is 1.33. The molecule has 2 aromatic rings. The number of nitrogen functional groups attached to an aromatic ring is 1. The van der Waals surface area contributed by atoms with Crippen LogP contribution in [0.5, 0.6) is 0 Å². The lowest BCUT2D eigenvalue weighted by atomic mass is 10.3. The first-order chi connectivity index (χ1) is 7.74. The summed E-state index contributed by atoms with van der Waals surface area (Å²) < 4.78 is 0. The lowest BCUT2D eigenvalue weighted by molar-refractivity contribution is 1.05. The Morgan fingerprint density at radius 3 is 2.81 bits per heavy atom. The van der Waals surface area contributed by atoms with Gasteiger partial charge in [-0.25, -0.2) is 0 Å². The van der Waals surface area contributed by atoms with E-state index in [9.17, 15) is 0 Å². The van der Waals surface area contributed by atoms with Crippen LogP contribution in [0.25, 0.3) is 0 Å². The zero-order valence-corrected chi connectivity index (χ0v) is 9.41. The minimum atomic E-state index is 0.653. The predicted octanol–water partition coefficient (Wildman–Crippen LogP) is 2.93. The Balaban J connectivity index is 1.99. The van der Waals surface area contributed by atoms with Gasteiger partial charge in [0.2, 0.25) is 0 Å². The van der Waals surface area contributed by atoms with Gasteiger partial charge in [0, 0.05) is 10.7 Å². The van der Waals surface area contributed by atoms with Crippen molar-refractivity contribution in [1.29, 1.82) is 0 Å². The minimum Gasteiger partial charge on any atom is -0.397 e. The van der Waals surface area contributed by atoms with Gasteiger partial charge in [-0.05, 0) is 30.3 Å². The lowest BCUT2D eigenvalue weighted by Gasteiger charge is -2.06. The third-order valence-electron chi connectivity index (χ3n) is 2.15. The molecule has 0 amide bonds. The molecule has 0 saturated heterocycles. The van der Waals surface area contributed by atoms with Crippen LogP contribution < -0.4 is 11.1 Å². The summed E-state index contributed by atoms with van der Waals surface area (Å²) in [6.45, 7) is 0.653. The summed E-state index contributed by atoms with van der Waals surface area (Å²) in [7, 11) is 0. The van der Waals surface area contributed by atoms with E-state index in [1.165, 1.54) is 0 Å². The topological polar surface area (TPSA) is 50.9 Å². The van der Waals surface area contributed by atoms with Crippen molar-refractivity contribution in [3.8, 4) is 0 Å². The number of benzene rings is 1. The van der Waals surface area contributed by atoms with E-state index in [1.807, 2.05) is 36.4 Å². The third-order valence-corrected chi connectivity index (χ3v) is 2.38. The highest BCUT2D eigenvalue weighted by molar-refractivity contribution is 6.30. The molecule has 0 radical (unpaired) electrons. The highest BCUT2D eigenvalue weighted by atomic mass is 35.5. The second-order valence-electron chi connectivity index (χ2n) is 3.45. The minimum absolute atomic E-state index is 0.653. The monoisotopic (exact) mass is 233 g/mol. The average molecular weight is 234 g/mol. The Bertz CT molecular complexity index is 468. The molecule has 2 rings (SSSR count). The fraction of sp³-hybridized carbons (Fsp3) is 0.0833. The summed E-state index contributed by atoms with van der Waals surface area (Å²) in [5, 5.41) is 3.95. The Labute approximate surface area is 99.3 Å². The summed E-state index contributed by atoms with van der Waals surface area (Å²) in [5.41, 5.74) is 8.14. The molecule has 3 N–H and O–H groups in total. The van der Waals surface area contributed by atoms with Gasteiger partial charge in [0.05, 0.1) is 24.1 Å². The number of halogens is 1. The first kappa shape index (κ1) is 10.8. The number of aromatic nitrogens is 1. The van der Waals surface area contributed by atoms with Crippen LogP contribution in [-0.4, -0.2) is 4.98 Å². The first-order valence-electron chi connectivity index (χ1n) is 4.94. The first-order valence-corrected chi connectivity index (χ1v) is 5.32. The molecule has 1 aromatic carbocycles. The summed E-state index contributed by atoms with van der Waals surface area (Å²) >= 11 is 5.88. The maximum atomic E-state index is 5.88. The van der Waals surface area contributed by atoms with Crippen LogP contribution in [0.15, 0.2) is 42.6 Å². The third kappa shape index (κ3) is 2.87. The molecule has 0 aliphatic heterocycles. The highest BCUT2D eigenvalue weighted by Crippen LogP contribution is 2.15. The average Bonchev–Trinajstić information content (AvgIpc) is 2.28. The molecule has 0 bridgehead atoms. The molecule has 0 spiro atoms. The van der Waals surface area contributed by atoms with Crippen LogP contribution in [0.1, 0.15) is 5.69 Å². The smallest absolute Gasteiger partial charge is 0.0596 e. The fourth-order valence-corrected chi connectivity index (χ4v) is 1.52. The van der Waals surface area contributed by atoms with Gasteiger partial charge in [-0.15, -0.1) is 0 Å². The number of pyridine rings is 1. The van der Waals surface area contributed by atoms with Gasteiger partial charge in [0.15, 0.2) is 0 Å². The number of nitrogens with zero attached hydrogens (tertiary/aromatic N) is 1. The lowest BCUT2D eigenvalue weighted by Crippen LogP contribution is -2.01. The predicted molar refractivity (Wildman–Crippen MR) is 67.4 cm³/mol. The van der Waals surface area contributed by atoms with E-state index in [0.717, 1.165) is 16.4 Å². The molecule has 16 heavy (non-hydrogen) atoms. The van der Waals surface area contributed by atoms with Crippen molar-refractivity contribution in [1.82, 2.24) is 4.98 Å². The maximum absolute atomic E-state index is 5.88. The largest absolute Gasteiger partial charge is 0.397 e. The van der Waals surface area contributed by atoms with Crippen LogP contribution >= 0.6 is 11.6 Å². The van der Waals surface area contributed by atoms with Gasteiger partial charge in [-0.3, -0.25) is 4.98 Å². The molecule has 82 valence electrons. The number of rotatable bonds is 3. The van der Waals surface area contributed by atoms with Crippen molar-refractivity contribution >= 4 is 23.0 Å². The van der Waals surface area contributed by atoms with Gasteiger partial charge in [-0.2, -0.15) is 0 Å². The Morgan fingerprint density at radius 2 is 2.12 bits per heavy atom. The van der Waals surface area contributed by atoms with Gasteiger partial charge in [0.1, 0.15) is 0 Å². The quantitative estimate of drug-likeness (QED) is 0.857. The van der Waals surface area contributed by atoms with Gasteiger partial charge < -0.3 is 11.1 Å². The Morgan fingerprint density at radius 1 is 1.25 bits per heavy atom. The molecule has 0 unspecified atom stereocenters. The van der Waals surface area contributed by atoms with Crippen LogP contribution in [0, 0.1) is 0 Å². The summed E-state index contributed by atoms with van der Waals surface area (Å²) in [6.07, 6.45) is 1.65. The SMILES string of the molecule is Nc1ccc(CNc2cccc(Cl)c2)nc1. The van der Waals surface area contributed by atoms with E-state index in [0.29, 0.717) is 12.2 Å². The molecule has 0 aliphatic rings.